The molecule has 1 aromatic carbocycles. The number of sulfonamides is 1. The van der Waals surface area contributed by atoms with E-state index >= 15 is 0 Å². The second kappa shape index (κ2) is 8.80. The van der Waals surface area contributed by atoms with Gasteiger partial charge in [-0.05, 0) is 46.3 Å². The molecule has 0 saturated carbocycles. The lowest BCUT2D eigenvalue weighted by atomic mass is 10.3. The van der Waals surface area contributed by atoms with E-state index in [1.54, 1.807) is 23.5 Å². The monoisotopic (exact) mass is 472 g/mol. The van der Waals surface area contributed by atoms with Crippen LogP contribution < -0.4 is 10.5 Å². The van der Waals surface area contributed by atoms with E-state index in [4.69, 9.17) is 5.14 Å². The normalized spacial score (nSPS) is 16.4. The summed E-state index contributed by atoms with van der Waals surface area (Å²) in [5, 5.41) is 7.86. The summed E-state index contributed by atoms with van der Waals surface area (Å²) < 4.78 is 23.9. The lowest BCUT2D eigenvalue weighted by Crippen LogP contribution is -2.48. The maximum absolute atomic E-state index is 12.3. The lowest BCUT2D eigenvalue weighted by Gasteiger charge is -2.34. The van der Waals surface area contributed by atoms with Gasteiger partial charge in [-0.25, -0.2) is 13.6 Å². The van der Waals surface area contributed by atoms with E-state index < -0.39 is 10.0 Å². The van der Waals surface area contributed by atoms with Crippen molar-refractivity contribution in [1.82, 2.24) is 9.80 Å². The Morgan fingerprint density at radius 2 is 1.85 bits per heavy atom. The molecule has 3 rings (SSSR count). The second-order valence-corrected chi connectivity index (χ2v) is 10.5. The first-order valence-corrected chi connectivity index (χ1v) is 11.6. The number of amides is 1. The van der Waals surface area contributed by atoms with Crippen molar-refractivity contribution in [2.24, 2.45) is 5.14 Å². The molecule has 2 heterocycles. The Morgan fingerprint density at radius 1 is 1.15 bits per heavy atom. The molecule has 27 heavy (non-hydrogen) atoms. The number of carbonyl (C=O) groups excluding carboxylic acids is 1. The van der Waals surface area contributed by atoms with Gasteiger partial charge in [0, 0.05) is 43.3 Å². The Bertz CT molecular complexity index is 908. The number of piperazine rings is 1. The Labute approximate surface area is 171 Å². The van der Waals surface area contributed by atoms with Crippen LogP contribution in [0, 0.1) is 0 Å². The molecule has 146 valence electrons. The van der Waals surface area contributed by atoms with Crippen molar-refractivity contribution in [2.75, 3.05) is 38.0 Å². The average molecular weight is 473 g/mol. The van der Waals surface area contributed by atoms with E-state index in [2.05, 4.69) is 43.2 Å². The predicted octanol–water partition coefficient (Wildman–Crippen LogP) is 1.91. The summed E-state index contributed by atoms with van der Waals surface area (Å²) in [4.78, 5) is 18.0. The maximum atomic E-state index is 12.3. The minimum Gasteiger partial charge on any atom is -0.325 e. The third-order valence-electron chi connectivity index (χ3n) is 4.29. The Hall–Kier alpha value is -1.30. The van der Waals surface area contributed by atoms with Crippen molar-refractivity contribution >= 4 is 48.9 Å². The van der Waals surface area contributed by atoms with Crippen LogP contribution in [0.15, 0.2) is 45.1 Å². The highest BCUT2D eigenvalue weighted by atomic mass is 79.9. The molecule has 10 heteroatoms. The first-order valence-electron chi connectivity index (χ1n) is 8.41. The van der Waals surface area contributed by atoms with E-state index in [-0.39, 0.29) is 17.3 Å². The van der Waals surface area contributed by atoms with Crippen molar-refractivity contribution in [3.8, 4) is 0 Å². The van der Waals surface area contributed by atoms with Crippen molar-refractivity contribution < 1.29 is 13.2 Å². The van der Waals surface area contributed by atoms with Gasteiger partial charge in [-0.15, -0.1) is 11.3 Å². The van der Waals surface area contributed by atoms with Gasteiger partial charge in [-0.1, -0.05) is 6.07 Å². The van der Waals surface area contributed by atoms with Gasteiger partial charge in [-0.2, -0.15) is 0 Å². The largest absolute Gasteiger partial charge is 0.325 e. The molecule has 1 aliphatic heterocycles. The zero-order valence-corrected chi connectivity index (χ0v) is 17.8. The van der Waals surface area contributed by atoms with Gasteiger partial charge < -0.3 is 5.32 Å². The number of carbonyl (C=O) groups is 1. The number of anilines is 1. The fourth-order valence-electron chi connectivity index (χ4n) is 2.92. The van der Waals surface area contributed by atoms with Crippen molar-refractivity contribution in [3.05, 3.63) is 45.1 Å². The number of nitrogens with one attached hydrogen (secondary N) is 1. The Balaban J connectivity index is 1.47. The minimum atomic E-state index is -3.79. The first kappa shape index (κ1) is 20.4. The molecule has 0 radical (unpaired) electrons. The fraction of sp³-hybridized carbons (Fsp3) is 0.353. The highest BCUT2D eigenvalue weighted by molar-refractivity contribution is 9.11. The number of hydrogen-bond donors (Lipinski definition) is 2. The molecular formula is C17H21BrN4O3S2. The predicted molar refractivity (Wildman–Crippen MR) is 110 cm³/mol. The first-order chi connectivity index (χ1) is 12.8. The summed E-state index contributed by atoms with van der Waals surface area (Å²) >= 11 is 5.23. The molecule has 3 N–H and O–H groups in total. The van der Waals surface area contributed by atoms with Crippen LogP contribution in [0.4, 0.5) is 5.69 Å². The van der Waals surface area contributed by atoms with Crippen LogP contribution in [0.2, 0.25) is 0 Å². The molecule has 1 fully saturated rings. The summed E-state index contributed by atoms with van der Waals surface area (Å²) in [7, 11) is -3.79. The molecule has 2 aromatic rings. The van der Waals surface area contributed by atoms with Gasteiger partial charge in [0.05, 0.1) is 15.2 Å². The number of nitrogens with zero attached hydrogens (tertiary/aromatic N) is 2. The van der Waals surface area contributed by atoms with E-state index in [9.17, 15) is 13.2 Å². The summed E-state index contributed by atoms with van der Waals surface area (Å²) in [5.41, 5.74) is 0.424. The van der Waals surface area contributed by atoms with Crippen LogP contribution in [0.3, 0.4) is 0 Å². The van der Waals surface area contributed by atoms with E-state index in [0.717, 1.165) is 36.5 Å². The summed E-state index contributed by atoms with van der Waals surface area (Å²) in [6.07, 6.45) is 0. The summed E-state index contributed by atoms with van der Waals surface area (Å²) in [5.74, 6) is -0.169. The van der Waals surface area contributed by atoms with E-state index in [1.165, 1.54) is 17.0 Å². The molecule has 7 nitrogen and oxygen atoms in total. The molecule has 1 saturated heterocycles. The molecule has 0 aliphatic carbocycles. The molecule has 1 aromatic heterocycles. The molecular weight excluding hydrogens is 452 g/mol. The lowest BCUT2D eigenvalue weighted by molar-refractivity contribution is -0.117. The third kappa shape index (κ3) is 6.09. The second-order valence-electron chi connectivity index (χ2n) is 6.38. The van der Waals surface area contributed by atoms with Gasteiger partial charge in [0.25, 0.3) is 0 Å². The number of primary sulfonamides is 1. The van der Waals surface area contributed by atoms with Crippen molar-refractivity contribution in [3.63, 3.8) is 0 Å². The van der Waals surface area contributed by atoms with E-state index in [1.807, 2.05) is 0 Å². The number of thiophene rings is 1. The topological polar surface area (TPSA) is 95.7 Å². The maximum Gasteiger partial charge on any atom is 0.238 e. The van der Waals surface area contributed by atoms with Crippen LogP contribution in [-0.2, 0) is 21.4 Å². The van der Waals surface area contributed by atoms with Crippen molar-refractivity contribution in [2.45, 2.75) is 11.4 Å². The van der Waals surface area contributed by atoms with Gasteiger partial charge in [0.1, 0.15) is 0 Å². The standard InChI is InChI=1S/C17H21BrN4O3S2/c18-16-5-4-14(26-16)11-21-6-8-22(9-7-21)12-17(23)20-13-2-1-3-15(10-13)27(19,24)25/h1-5,10H,6-9,11-12H2,(H,20,23)(H2,19,24,25). The number of hydrogen-bond acceptors (Lipinski definition) is 6. The molecule has 0 spiro atoms. The SMILES string of the molecule is NS(=O)(=O)c1cccc(NC(=O)CN2CCN(Cc3ccc(Br)s3)CC2)c1. The highest BCUT2D eigenvalue weighted by Gasteiger charge is 2.19. The molecule has 0 atom stereocenters. The smallest absolute Gasteiger partial charge is 0.238 e. The van der Waals surface area contributed by atoms with Gasteiger partial charge in [-0.3, -0.25) is 14.6 Å². The molecule has 1 amide bonds. The van der Waals surface area contributed by atoms with Crippen LogP contribution >= 0.6 is 27.3 Å². The highest BCUT2D eigenvalue weighted by Crippen LogP contribution is 2.23. The average Bonchev–Trinajstić information content (AvgIpc) is 3.01. The molecule has 1 aliphatic rings. The summed E-state index contributed by atoms with van der Waals surface area (Å²) in [6, 6.07) is 10.1. The zero-order valence-electron chi connectivity index (χ0n) is 14.6. The number of rotatable bonds is 6. The number of nitrogens with two attached hydrogens (primary N) is 1. The number of benzene rings is 1. The van der Waals surface area contributed by atoms with Gasteiger partial charge in [0.15, 0.2) is 0 Å². The number of halogens is 1. The van der Waals surface area contributed by atoms with Crippen LogP contribution in [0.5, 0.6) is 0 Å². The fourth-order valence-corrected chi connectivity index (χ4v) is 5.00. The minimum absolute atomic E-state index is 0.0193. The third-order valence-corrected chi connectivity index (χ3v) is 6.81. The van der Waals surface area contributed by atoms with Crippen molar-refractivity contribution in [1.29, 1.82) is 0 Å². The Kier molecular flexibility index (Phi) is 6.66. The zero-order chi connectivity index (χ0) is 19.4. The summed E-state index contributed by atoms with van der Waals surface area (Å²) in [6.45, 7) is 4.65. The van der Waals surface area contributed by atoms with Crippen LogP contribution in [-0.4, -0.2) is 56.8 Å². The molecule has 0 unspecified atom stereocenters. The van der Waals surface area contributed by atoms with Crippen LogP contribution in [0.25, 0.3) is 0 Å². The quantitative estimate of drug-likeness (QED) is 0.669. The molecule has 0 bridgehead atoms. The Morgan fingerprint density at radius 3 is 2.48 bits per heavy atom. The van der Waals surface area contributed by atoms with Gasteiger partial charge in [0.2, 0.25) is 15.9 Å². The van der Waals surface area contributed by atoms with E-state index in [0.29, 0.717) is 5.69 Å². The van der Waals surface area contributed by atoms with Gasteiger partial charge >= 0.3 is 0 Å². The van der Waals surface area contributed by atoms with Crippen LogP contribution in [0.1, 0.15) is 4.88 Å².